The van der Waals surface area contributed by atoms with Crippen LogP contribution in [0.4, 0.5) is 20.2 Å². The molecular formula is C35H34F2N4O2S. The third-order valence-corrected chi connectivity index (χ3v) is 8.99. The Bertz CT molecular complexity index is 1900. The van der Waals surface area contributed by atoms with Crippen LogP contribution >= 0.6 is 11.3 Å². The van der Waals surface area contributed by atoms with E-state index in [9.17, 15) is 13.6 Å². The minimum Gasteiger partial charge on any atom is -0.435 e. The van der Waals surface area contributed by atoms with Crippen molar-refractivity contribution in [2.75, 3.05) is 38.0 Å². The number of ether oxygens (including phenoxy) is 1. The van der Waals surface area contributed by atoms with E-state index in [1.54, 1.807) is 18.2 Å². The molecule has 6 nitrogen and oxygen atoms in total. The summed E-state index contributed by atoms with van der Waals surface area (Å²) in [6.07, 6.45) is 6.74. The predicted molar refractivity (Wildman–Crippen MR) is 175 cm³/mol. The summed E-state index contributed by atoms with van der Waals surface area (Å²) in [6, 6.07) is 22.9. The second kappa shape index (κ2) is 12.2. The van der Waals surface area contributed by atoms with Crippen LogP contribution in [0.1, 0.15) is 42.0 Å². The molecule has 0 bridgehead atoms. The number of allylic oxidation sites excluding steroid dienone is 2. The van der Waals surface area contributed by atoms with Gasteiger partial charge in [-0.25, -0.2) is 4.99 Å². The fourth-order valence-electron chi connectivity index (χ4n) is 5.78. The molecule has 0 fully saturated rings. The molecule has 44 heavy (non-hydrogen) atoms. The predicted octanol–water partition coefficient (Wildman–Crippen LogP) is 6.22. The average Bonchev–Trinajstić information content (AvgIpc) is 3.31. The maximum Gasteiger partial charge on any atom is 0.387 e. The minimum atomic E-state index is -2.89. The van der Waals surface area contributed by atoms with Crippen LogP contribution in [0.2, 0.25) is 0 Å². The first-order valence-corrected chi connectivity index (χ1v) is 15.3. The smallest absolute Gasteiger partial charge is 0.387 e. The molecule has 2 heterocycles. The second-order valence-electron chi connectivity index (χ2n) is 11.4. The highest BCUT2D eigenvalue weighted by molar-refractivity contribution is 7.07. The largest absolute Gasteiger partial charge is 0.435 e. The molecule has 0 amide bonds. The molecule has 1 aliphatic carbocycles. The first-order chi connectivity index (χ1) is 21.2. The second-order valence-corrected chi connectivity index (χ2v) is 12.4. The Labute approximate surface area is 259 Å². The third-order valence-electron chi connectivity index (χ3n) is 8.01. The number of hydrogen-bond donors (Lipinski definition) is 0. The van der Waals surface area contributed by atoms with E-state index in [1.807, 2.05) is 32.8 Å². The average molecular weight is 613 g/mol. The molecule has 2 aliphatic rings. The maximum atomic E-state index is 14.0. The quantitative estimate of drug-likeness (QED) is 0.249. The number of anilines is 2. The van der Waals surface area contributed by atoms with Crippen molar-refractivity contribution in [3.05, 3.63) is 126 Å². The summed E-state index contributed by atoms with van der Waals surface area (Å²) in [5.74, 6) is 0.0723. The van der Waals surface area contributed by atoms with Gasteiger partial charge in [-0.1, -0.05) is 47.7 Å². The standard InChI is InChI=1S/C35H34F2N4O2S/c1-39(2)26-14-8-22(9-15-26)20-25-6-5-7-29-31(25)38-35-41(32(29)24-12-16-27(17-13-24)40(3)4)33(42)30(44-35)21-23-10-18-28(19-11-23)43-34(36)37/h8-21,32,34H,5-7H2,1-4H3/b25-20+,30-21+/t32-/m1/s1. The van der Waals surface area contributed by atoms with E-state index < -0.39 is 6.61 Å². The molecule has 6 rings (SSSR count). The van der Waals surface area contributed by atoms with Crippen molar-refractivity contribution >= 4 is 34.9 Å². The van der Waals surface area contributed by atoms with Gasteiger partial charge in [0.25, 0.3) is 5.56 Å². The lowest BCUT2D eigenvalue weighted by Gasteiger charge is -2.31. The number of alkyl halides is 2. The lowest BCUT2D eigenvalue weighted by atomic mass is 9.83. The van der Waals surface area contributed by atoms with Gasteiger partial charge in [0.1, 0.15) is 5.75 Å². The number of halogens is 2. The van der Waals surface area contributed by atoms with Crippen LogP contribution in [-0.2, 0) is 0 Å². The number of aromatic nitrogens is 1. The Morgan fingerprint density at radius 3 is 2.07 bits per heavy atom. The molecule has 3 aromatic carbocycles. The number of thiazole rings is 1. The summed E-state index contributed by atoms with van der Waals surface area (Å²) in [6.45, 7) is -2.89. The summed E-state index contributed by atoms with van der Waals surface area (Å²) >= 11 is 1.35. The Balaban J connectivity index is 1.49. The molecule has 4 aromatic rings. The normalized spacial score (nSPS) is 17.4. The summed E-state index contributed by atoms with van der Waals surface area (Å²) in [4.78, 5) is 24.0. The maximum absolute atomic E-state index is 14.0. The van der Waals surface area contributed by atoms with Gasteiger partial charge in [0.15, 0.2) is 4.80 Å². The Kier molecular flexibility index (Phi) is 8.23. The van der Waals surface area contributed by atoms with E-state index in [0.29, 0.717) is 14.9 Å². The van der Waals surface area contributed by atoms with Crippen LogP contribution in [0.25, 0.3) is 12.2 Å². The van der Waals surface area contributed by atoms with Crippen LogP contribution < -0.4 is 29.4 Å². The minimum absolute atomic E-state index is 0.0723. The van der Waals surface area contributed by atoms with E-state index in [-0.39, 0.29) is 17.4 Å². The Morgan fingerprint density at radius 1 is 0.864 bits per heavy atom. The first-order valence-electron chi connectivity index (χ1n) is 14.5. The topological polar surface area (TPSA) is 50.1 Å². The van der Waals surface area contributed by atoms with Gasteiger partial charge in [-0.2, -0.15) is 8.78 Å². The monoisotopic (exact) mass is 612 g/mol. The number of fused-ring (bicyclic) bond motifs is 1. The van der Waals surface area contributed by atoms with Crippen molar-refractivity contribution in [2.45, 2.75) is 31.9 Å². The number of hydrogen-bond acceptors (Lipinski definition) is 6. The summed E-state index contributed by atoms with van der Waals surface area (Å²) < 4.78 is 32.1. The van der Waals surface area contributed by atoms with Crippen LogP contribution in [0, 0.1) is 0 Å². The molecule has 0 saturated heterocycles. The summed E-state index contributed by atoms with van der Waals surface area (Å²) in [7, 11) is 8.07. The molecule has 226 valence electrons. The lowest BCUT2D eigenvalue weighted by Crippen LogP contribution is -2.39. The summed E-state index contributed by atoms with van der Waals surface area (Å²) in [5, 5.41) is 0. The van der Waals surface area contributed by atoms with Gasteiger partial charge < -0.3 is 14.5 Å². The van der Waals surface area contributed by atoms with Crippen molar-refractivity contribution in [1.82, 2.24) is 4.57 Å². The molecule has 0 saturated carbocycles. The van der Waals surface area contributed by atoms with Crippen molar-refractivity contribution in [3.63, 3.8) is 0 Å². The van der Waals surface area contributed by atoms with Gasteiger partial charge >= 0.3 is 6.61 Å². The van der Waals surface area contributed by atoms with Gasteiger partial charge in [-0.05, 0) is 95.6 Å². The molecule has 0 spiro atoms. The lowest BCUT2D eigenvalue weighted by molar-refractivity contribution is -0.0498. The highest BCUT2D eigenvalue weighted by atomic mass is 32.1. The number of nitrogens with zero attached hydrogens (tertiary/aromatic N) is 4. The highest BCUT2D eigenvalue weighted by Crippen LogP contribution is 2.41. The van der Waals surface area contributed by atoms with Crippen molar-refractivity contribution < 1.29 is 13.5 Å². The number of benzene rings is 3. The zero-order chi connectivity index (χ0) is 31.0. The van der Waals surface area contributed by atoms with Gasteiger partial charge in [0.2, 0.25) is 0 Å². The van der Waals surface area contributed by atoms with Gasteiger partial charge in [0, 0.05) is 39.6 Å². The van der Waals surface area contributed by atoms with Crippen molar-refractivity contribution in [3.8, 4) is 5.75 Å². The number of rotatable bonds is 7. The van der Waals surface area contributed by atoms with E-state index >= 15 is 0 Å². The first kappa shape index (κ1) is 29.6. The molecular weight excluding hydrogens is 578 g/mol. The van der Waals surface area contributed by atoms with Crippen LogP contribution in [0.5, 0.6) is 5.75 Å². The third kappa shape index (κ3) is 5.97. The van der Waals surface area contributed by atoms with Crippen molar-refractivity contribution in [2.24, 2.45) is 4.99 Å². The Hall–Kier alpha value is -4.50. The van der Waals surface area contributed by atoms with E-state index in [0.717, 1.165) is 53.0 Å². The van der Waals surface area contributed by atoms with E-state index in [4.69, 9.17) is 4.99 Å². The fourth-order valence-corrected chi connectivity index (χ4v) is 6.78. The van der Waals surface area contributed by atoms with E-state index in [2.05, 4.69) is 69.1 Å². The van der Waals surface area contributed by atoms with Gasteiger partial charge in [-0.15, -0.1) is 0 Å². The molecule has 9 heteroatoms. The Morgan fingerprint density at radius 2 is 1.45 bits per heavy atom. The zero-order valence-corrected chi connectivity index (χ0v) is 25.9. The summed E-state index contributed by atoms with van der Waals surface area (Å²) in [5.41, 5.74) is 8.26. The zero-order valence-electron chi connectivity index (χ0n) is 25.1. The molecule has 1 atom stereocenters. The van der Waals surface area contributed by atoms with Gasteiger partial charge in [-0.3, -0.25) is 9.36 Å². The van der Waals surface area contributed by atoms with Crippen LogP contribution in [-0.4, -0.2) is 39.4 Å². The van der Waals surface area contributed by atoms with E-state index in [1.165, 1.54) is 29.0 Å². The van der Waals surface area contributed by atoms with Gasteiger partial charge in [0.05, 0.1) is 16.3 Å². The molecule has 0 unspecified atom stereocenters. The molecule has 1 aromatic heterocycles. The van der Waals surface area contributed by atoms with Crippen LogP contribution in [0.3, 0.4) is 0 Å². The molecule has 0 radical (unpaired) electrons. The highest BCUT2D eigenvalue weighted by Gasteiger charge is 2.32. The van der Waals surface area contributed by atoms with Crippen LogP contribution in [0.15, 0.2) is 99.4 Å². The fraction of sp³-hybridized carbons (Fsp3) is 0.257. The molecule has 0 N–H and O–H groups in total. The SMILES string of the molecule is CN(C)c1ccc(/C=C2\CCCC3=C2N=c2s/c(=C/c4ccc(OC(F)F)cc4)c(=O)n2[C@@H]3c2ccc(N(C)C)cc2)cc1. The van der Waals surface area contributed by atoms with Crippen molar-refractivity contribution in [1.29, 1.82) is 0 Å². The molecule has 1 aliphatic heterocycles.